The summed E-state index contributed by atoms with van der Waals surface area (Å²) in [4.78, 5) is 12.1. The van der Waals surface area contributed by atoms with E-state index in [0.717, 1.165) is 24.3 Å². The molecule has 1 amide bonds. The van der Waals surface area contributed by atoms with Crippen molar-refractivity contribution in [3.63, 3.8) is 0 Å². The van der Waals surface area contributed by atoms with Gasteiger partial charge in [0.1, 0.15) is 5.75 Å². The molecule has 3 aromatic rings. The third kappa shape index (κ3) is 4.01. The lowest BCUT2D eigenvalue weighted by Gasteiger charge is -2.10. The normalized spacial score (nSPS) is 11.5. The Morgan fingerprint density at radius 2 is 1.75 bits per heavy atom. The van der Waals surface area contributed by atoms with Crippen molar-refractivity contribution in [3.8, 4) is 16.9 Å². The third-order valence-corrected chi connectivity index (χ3v) is 5.14. The van der Waals surface area contributed by atoms with E-state index in [1.165, 1.54) is 27.8 Å². The van der Waals surface area contributed by atoms with Crippen LogP contribution in [0.25, 0.3) is 11.1 Å². The fourth-order valence-electron chi connectivity index (χ4n) is 3.64. The van der Waals surface area contributed by atoms with Gasteiger partial charge in [-0.25, -0.2) is 0 Å². The molecule has 0 aliphatic heterocycles. The zero-order valence-corrected chi connectivity index (χ0v) is 16.0. The molecule has 2 N–H and O–H groups in total. The van der Waals surface area contributed by atoms with Crippen LogP contribution in [0, 0.1) is 0 Å². The molecule has 1 aliphatic carbocycles. The topological polar surface area (TPSA) is 50.4 Å². The van der Waals surface area contributed by atoms with Crippen molar-refractivity contribution in [3.05, 3.63) is 83.4 Å². The van der Waals surface area contributed by atoms with Crippen LogP contribution in [0.1, 0.15) is 16.7 Å². The zero-order valence-electron chi connectivity index (χ0n) is 16.0. The van der Waals surface area contributed by atoms with Gasteiger partial charge in [-0.15, -0.1) is 0 Å². The van der Waals surface area contributed by atoms with Crippen molar-refractivity contribution in [2.75, 3.05) is 25.5 Å². The molecule has 0 bridgehead atoms. The minimum absolute atomic E-state index is 0.00250. The Bertz CT molecular complexity index is 980. The van der Waals surface area contributed by atoms with Crippen molar-refractivity contribution in [2.45, 2.75) is 12.8 Å². The molecule has 0 heterocycles. The summed E-state index contributed by atoms with van der Waals surface area (Å²) in [5.41, 5.74) is 7.45. The van der Waals surface area contributed by atoms with Crippen molar-refractivity contribution >= 4 is 11.6 Å². The largest absolute Gasteiger partial charge is 0.497 e. The molecule has 142 valence electrons. The molecular weight excluding hydrogens is 348 g/mol. The lowest BCUT2D eigenvalue weighted by atomic mass is 10.1. The number of carbonyl (C=O) groups excluding carboxylic acids is 1. The van der Waals surface area contributed by atoms with Gasteiger partial charge in [0.15, 0.2) is 0 Å². The maximum absolute atomic E-state index is 12.1. The van der Waals surface area contributed by atoms with Gasteiger partial charge in [-0.1, -0.05) is 42.5 Å². The lowest BCUT2D eigenvalue weighted by molar-refractivity contribution is -0.119. The summed E-state index contributed by atoms with van der Waals surface area (Å²) >= 11 is 0. The Hall–Kier alpha value is -3.27. The molecule has 0 radical (unpaired) electrons. The van der Waals surface area contributed by atoms with Crippen LogP contribution in [0.5, 0.6) is 5.75 Å². The summed E-state index contributed by atoms with van der Waals surface area (Å²) in [5.74, 6) is 0.840. The van der Waals surface area contributed by atoms with Crippen LogP contribution in [0.15, 0.2) is 66.7 Å². The van der Waals surface area contributed by atoms with Crippen LogP contribution in [-0.2, 0) is 17.6 Å². The summed E-state index contributed by atoms with van der Waals surface area (Å²) < 4.78 is 5.15. The number of nitrogens with one attached hydrogen (secondary N) is 2. The summed E-state index contributed by atoms with van der Waals surface area (Å²) in [6.07, 6.45) is 1.75. The fraction of sp³-hybridized carbons (Fsp3) is 0.208. The SMILES string of the molecule is COc1ccc(CCNC(=O)CNc2ccc3c(c2)Cc2ccccc2-3)cc1. The molecule has 4 rings (SSSR count). The minimum atomic E-state index is -0.00250. The van der Waals surface area contributed by atoms with E-state index in [1.807, 2.05) is 30.3 Å². The van der Waals surface area contributed by atoms with Crippen LogP contribution in [0.3, 0.4) is 0 Å². The van der Waals surface area contributed by atoms with E-state index in [4.69, 9.17) is 4.74 Å². The van der Waals surface area contributed by atoms with E-state index < -0.39 is 0 Å². The maximum Gasteiger partial charge on any atom is 0.239 e. The van der Waals surface area contributed by atoms with Gasteiger partial charge >= 0.3 is 0 Å². The summed E-state index contributed by atoms with van der Waals surface area (Å²) in [7, 11) is 1.65. The van der Waals surface area contributed by atoms with Gasteiger partial charge < -0.3 is 15.4 Å². The van der Waals surface area contributed by atoms with Gasteiger partial charge in [0.05, 0.1) is 13.7 Å². The standard InChI is InChI=1S/C24H24N2O2/c1-28-21-9-6-17(7-10-21)12-13-25-24(27)16-26-20-8-11-23-19(15-20)14-18-4-2-3-5-22(18)23/h2-11,15,26H,12-14,16H2,1H3,(H,25,27). The molecule has 0 aromatic heterocycles. The Balaban J connectivity index is 1.25. The highest BCUT2D eigenvalue weighted by molar-refractivity contribution is 5.82. The Morgan fingerprint density at radius 3 is 2.57 bits per heavy atom. The molecule has 0 atom stereocenters. The number of hydrogen-bond donors (Lipinski definition) is 2. The van der Waals surface area contributed by atoms with Crippen molar-refractivity contribution in [1.29, 1.82) is 0 Å². The van der Waals surface area contributed by atoms with Crippen molar-refractivity contribution < 1.29 is 9.53 Å². The van der Waals surface area contributed by atoms with E-state index in [9.17, 15) is 4.79 Å². The van der Waals surface area contributed by atoms with E-state index >= 15 is 0 Å². The second kappa shape index (κ2) is 8.17. The molecule has 3 aromatic carbocycles. The van der Waals surface area contributed by atoms with Gasteiger partial charge in [0, 0.05) is 12.2 Å². The number of ether oxygens (including phenoxy) is 1. The molecule has 0 unspecified atom stereocenters. The van der Waals surface area contributed by atoms with Crippen LogP contribution in [0.4, 0.5) is 5.69 Å². The zero-order chi connectivity index (χ0) is 19.3. The molecule has 28 heavy (non-hydrogen) atoms. The van der Waals surface area contributed by atoms with Crippen LogP contribution in [0.2, 0.25) is 0 Å². The summed E-state index contributed by atoms with van der Waals surface area (Å²) in [5, 5.41) is 6.20. The van der Waals surface area contributed by atoms with E-state index in [0.29, 0.717) is 6.54 Å². The first-order valence-electron chi connectivity index (χ1n) is 9.57. The van der Waals surface area contributed by atoms with Gasteiger partial charge in [-0.3, -0.25) is 4.79 Å². The number of rotatable bonds is 7. The third-order valence-electron chi connectivity index (χ3n) is 5.14. The van der Waals surface area contributed by atoms with Gasteiger partial charge in [0.2, 0.25) is 5.91 Å². The Morgan fingerprint density at radius 1 is 0.964 bits per heavy atom. The predicted molar refractivity (Wildman–Crippen MR) is 113 cm³/mol. The number of anilines is 1. The smallest absolute Gasteiger partial charge is 0.239 e. The first kappa shape index (κ1) is 18.1. The quantitative estimate of drug-likeness (QED) is 0.515. The first-order chi connectivity index (χ1) is 13.7. The second-order valence-corrected chi connectivity index (χ2v) is 7.01. The highest BCUT2D eigenvalue weighted by Gasteiger charge is 2.17. The molecule has 4 nitrogen and oxygen atoms in total. The number of benzene rings is 3. The molecule has 4 heteroatoms. The molecule has 0 fully saturated rings. The molecule has 0 saturated heterocycles. The fourth-order valence-corrected chi connectivity index (χ4v) is 3.64. The van der Waals surface area contributed by atoms with E-state index in [2.05, 4.69) is 47.0 Å². The Labute approximate surface area is 165 Å². The van der Waals surface area contributed by atoms with Crippen LogP contribution >= 0.6 is 0 Å². The number of fused-ring (bicyclic) bond motifs is 3. The van der Waals surface area contributed by atoms with Crippen LogP contribution in [-0.4, -0.2) is 26.1 Å². The number of hydrogen-bond acceptors (Lipinski definition) is 3. The monoisotopic (exact) mass is 372 g/mol. The highest BCUT2D eigenvalue weighted by atomic mass is 16.5. The van der Waals surface area contributed by atoms with Crippen molar-refractivity contribution in [2.24, 2.45) is 0 Å². The molecular formula is C24H24N2O2. The van der Waals surface area contributed by atoms with Gasteiger partial charge in [-0.2, -0.15) is 0 Å². The van der Waals surface area contributed by atoms with Gasteiger partial charge in [-0.05, 0) is 64.9 Å². The first-order valence-corrected chi connectivity index (χ1v) is 9.57. The van der Waals surface area contributed by atoms with E-state index in [1.54, 1.807) is 7.11 Å². The average Bonchev–Trinajstić information content (AvgIpc) is 3.10. The maximum atomic E-state index is 12.1. The summed E-state index contributed by atoms with van der Waals surface area (Å²) in [6.45, 7) is 0.890. The minimum Gasteiger partial charge on any atom is -0.497 e. The lowest BCUT2D eigenvalue weighted by Crippen LogP contribution is -2.31. The molecule has 0 spiro atoms. The second-order valence-electron chi connectivity index (χ2n) is 7.01. The number of methoxy groups -OCH3 is 1. The molecule has 1 aliphatic rings. The molecule has 0 saturated carbocycles. The van der Waals surface area contributed by atoms with E-state index in [-0.39, 0.29) is 12.5 Å². The van der Waals surface area contributed by atoms with Gasteiger partial charge in [0.25, 0.3) is 0 Å². The Kier molecular flexibility index (Phi) is 5.29. The highest BCUT2D eigenvalue weighted by Crippen LogP contribution is 2.37. The average molecular weight is 372 g/mol. The number of amides is 1. The number of carbonyl (C=O) groups is 1. The predicted octanol–water partition coefficient (Wildman–Crippen LogP) is 4.04. The van der Waals surface area contributed by atoms with Crippen molar-refractivity contribution in [1.82, 2.24) is 5.32 Å². The van der Waals surface area contributed by atoms with Crippen LogP contribution < -0.4 is 15.4 Å². The summed E-state index contributed by atoms with van der Waals surface area (Å²) in [6, 6.07) is 22.8.